The van der Waals surface area contributed by atoms with Crippen LogP contribution in [0.15, 0.2) is 53.6 Å². The Labute approximate surface area is 129 Å². The first-order valence-corrected chi connectivity index (χ1v) is 8.46. The van der Waals surface area contributed by atoms with Crippen molar-refractivity contribution in [3.63, 3.8) is 0 Å². The van der Waals surface area contributed by atoms with E-state index in [1.807, 2.05) is 18.2 Å². The van der Waals surface area contributed by atoms with Crippen molar-refractivity contribution in [2.75, 3.05) is 31.1 Å². The minimum Gasteiger partial charge on any atom is -0.508 e. The summed E-state index contributed by atoms with van der Waals surface area (Å²) in [5.74, 6) is 0.810. The van der Waals surface area contributed by atoms with Crippen LogP contribution >= 0.6 is 0 Å². The van der Waals surface area contributed by atoms with E-state index in [1.165, 1.54) is 28.6 Å². The lowest BCUT2D eigenvalue weighted by molar-refractivity contribution is 0.383. The van der Waals surface area contributed by atoms with Gasteiger partial charge in [0.2, 0.25) is 10.0 Å². The maximum atomic E-state index is 12.6. The zero-order valence-corrected chi connectivity index (χ0v) is 12.8. The lowest BCUT2D eigenvalue weighted by Gasteiger charge is -2.34. The van der Waals surface area contributed by atoms with Gasteiger partial charge in [0.1, 0.15) is 11.6 Å². The van der Waals surface area contributed by atoms with Crippen LogP contribution in [0.1, 0.15) is 0 Å². The molecular formula is C15H17N3O3S. The van der Waals surface area contributed by atoms with Crippen molar-refractivity contribution in [1.82, 2.24) is 9.29 Å². The highest BCUT2D eigenvalue weighted by Gasteiger charge is 2.28. The van der Waals surface area contributed by atoms with Crippen molar-refractivity contribution in [3.8, 4) is 5.75 Å². The van der Waals surface area contributed by atoms with Crippen LogP contribution < -0.4 is 4.90 Å². The van der Waals surface area contributed by atoms with Crippen LogP contribution in [0.3, 0.4) is 0 Å². The van der Waals surface area contributed by atoms with Crippen molar-refractivity contribution in [3.05, 3.63) is 48.7 Å². The predicted molar refractivity (Wildman–Crippen MR) is 83.3 cm³/mol. The molecule has 0 amide bonds. The average molecular weight is 319 g/mol. The first-order valence-electron chi connectivity index (χ1n) is 7.02. The Balaban J connectivity index is 1.73. The zero-order chi connectivity index (χ0) is 15.6. The van der Waals surface area contributed by atoms with E-state index in [4.69, 9.17) is 0 Å². The van der Waals surface area contributed by atoms with E-state index < -0.39 is 10.0 Å². The smallest absolute Gasteiger partial charge is 0.243 e. The Hall–Kier alpha value is -2.12. The average Bonchev–Trinajstić information content (AvgIpc) is 2.56. The number of aromatic hydroxyl groups is 1. The molecule has 1 aromatic carbocycles. The highest BCUT2D eigenvalue weighted by atomic mass is 32.2. The van der Waals surface area contributed by atoms with Crippen molar-refractivity contribution in [1.29, 1.82) is 0 Å². The molecule has 0 radical (unpaired) electrons. The van der Waals surface area contributed by atoms with Crippen LogP contribution in [-0.2, 0) is 10.0 Å². The Morgan fingerprint density at radius 3 is 2.41 bits per heavy atom. The fourth-order valence-electron chi connectivity index (χ4n) is 2.49. The number of nitrogens with zero attached hydrogens (tertiary/aromatic N) is 3. The normalized spacial score (nSPS) is 16.6. The fourth-order valence-corrected chi connectivity index (χ4v) is 3.95. The van der Waals surface area contributed by atoms with Gasteiger partial charge in [0, 0.05) is 32.4 Å². The summed E-state index contributed by atoms with van der Waals surface area (Å²) in [6, 6.07) is 11.5. The molecule has 1 N–H and O–H groups in total. The Bertz CT molecular complexity index is 742. The molecule has 0 saturated carbocycles. The van der Waals surface area contributed by atoms with Crippen LogP contribution in [0, 0.1) is 0 Å². The minimum atomic E-state index is -3.56. The third kappa shape index (κ3) is 2.90. The van der Waals surface area contributed by atoms with Crippen LogP contribution in [-0.4, -0.2) is 49.0 Å². The van der Waals surface area contributed by atoms with Gasteiger partial charge >= 0.3 is 0 Å². The number of phenols is 1. The monoisotopic (exact) mass is 319 g/mol. The number of hydrogen-bond acceptors (Lipinski definition) is 5. The molecule has 2 heterocycles. The summed E-state index contributed by atoms with van der Waals surface area (Å²) >= 11 is 0. The molecule has 1 aliphatic rings. The number of aromatic nitrogens is 1. The van der Waals surface area contributed by atoms with Crippen molar-refractivity contribution >= 4 is 15.8 Å². The first-order chi connectivity index (χ1) is 10.6. The Morgan fingerprint density at radius 2 is 1.77 bits per heavy atom. The van der Waals surface area contributed by atoms with E-state index >= 15 is 0 Å². The van der Waals surface area contributed by atoms with Gasteiger partial charge in [0.05, 0.1) is 4.90 Å². The summed E-state index contributed by atoms with van der Waals surface area (Å²) in [6.45, 7) is 1.98. The van der Waals surface area contributed by atoms with Gasteiger partial charge in [0.15, 0.2) is 0 Å². The number of sulfonamides is 1. The molecule has 0 aliphatic carbocycles. The van der Waals surface area contributed by atoms with E-state index in [0.717, 1.165) is 5.82 Å². The highest BCUT2D eigenvalue weighted by molar-refractivity contribution is 7.89. The van der Waals surface area contributed by atoms with Gasteiger partial charge in [-0.1, -0.05) is 12.1 Å². The van der Waals surface area contributed by atoms with Crippen LogP contribution in [0.4, 0.5) is 5.82 Å². The zero-order valence-electron chi connectivity index (χ0n) is 12.0. The van der Waals surface area contributed by atoms with Gasteiger partial charge in [-0.05, 0) is 30.3 Å². The summed E-state index contributed by atoms with van der Waals surface area (Å²) in [4.78, 5) is 6.47. The van der Waals surface area contributed by atoms with E-state index in [1.54, 1.807) is 6.20 Å². The van der Waals surface area contributed by atoms with Gasteiger partial charge in [-0.25, -0.2) is 13.4 Å². The van der Waals surface area contributed by atoms with Gasteiger partial charge in [0.25, 0.3) is 0 Å². The Kier molecular flexibility index (Phi) is 4.00. The first kappa shape index (κ1) is 14.8. The van der Waals surface area contributed by atoms with Crippen molar-refractivity contribution in [2.24, 2.45) is 0 Å². The molecule has 2 aromatic rings. The molecule has 7 heteroatoms. The van der Waals surface area contributed by atoms with Crippen molar-refractivity contribution < 1.29 is 13.5 Å². The molecule has 6 nitrogen and oxygen atoms in total. The molecule has 22 heavy (non-hydrogen) atoms. The third-order valence-corrected chi connectivity index (χ3v) is 5.56. The maximum absolute atomic E-state index is 12.6. The van der Waals surface area contributed by atoms with E-state index in [2.05, 4.69) is 9.88 Å². The standard InChI is InChI=1S/C15H17N3O3S/c19-13-4-3-5-14(12-13)22(20,21)18-10-8-17(9-11-18)15-6-1-2-7-16-15/h1-7,12,19H,8-11H2. The number of hydrogen-bond donors (Lipinski definition) is 1. The second kappa shape index (κ2) is 5.94. The molecule has 3 rings (SSSR count). The number of rotatable bonds is 3. The lowest BCUT2D eigenvalue weighted by Crippen LogP contribution is -2.48. The van der Waals surface area contributed by atoms with E-state index in [-0.39, 0.29) is 10.6 Å². The molecule has 1 aromatic heterocycles. The van der Waals surface area contributed by atoms with Crippen LogP contribution in [0.25, 0.3) is 0 Å². The topological polar surface area (TPSA) is 73.7 Å². The summed E-state index contributed by atoms with van der Waals surface area (Å²) in [7, 11) is -3.56. The largest absolute Gasteiger partial charge is 0.508 e. The number of benzene rings is 1. The second-order valence-corrected chi connectivity index (χ2v) is 7.01. The van der Waals surface area contributed by atoms with Gasteiger partial charge in [-0.15, -0.1) is 0 Å². The van der Waals surface area contributed by atoms with Crippen molar-refractivity contribution in [2.45, 2.75) is 4.90 Å². The molecular weight excluding hydrogens is 302 g/mol. The lowest BCUT2D eigenvalue weighted by atomic mass is 10.3. The minimum absolute atomic E-state index is 0.0480. The molecule has 0 spiro atoms. The van der Waals surface area contributed by atoms with Crippen LogP contribution in [0.2, 0.25) is 0 Å². The molecule has 116 valence electrons. The third-order valence-electron chi connectivity index (χ3n) is 3.67. The molecule has 1 aliphatic heterocycles. The van der Waals surface area contributed by atoms with Gasteiger partial charge in [-0.3, -0.25) is 0 Å². The maximum Gasteiger partial charge on any atom is 0.243 e. The number of pyridine rings is 1. The summed E-state index contributed by atoms with van der Waals surface area (Å²) in [5, 5.41) is 9.47. The molecule has 0 bridgehead atoms. The SMILES string of the molecule is O=S(=O)(c1cccc(O)c1)N1CCN(c2ccccn2)CC1. The number of anilines is 1. The highest BCUT2D eigenvalue weighted by Crippen LogP contribution is 2.22. The number of phenolic OH excluding ortho intramolecular Hbond substituents is 1. The predicted octanol–water partition coefficient (Wildman–Crippen LogP) is 1.30. The molecule has 0 unspecified atom stereocenters. The van der Waals surface area contributed by atoms with Gasteiger partial charge in [-0.2, -0.15) is 4.31 Å². The molecule has 1 saturated heterocycles. The van der Waals surface area contributed by atoms with E-state index in [9.17, 15) is 13.5 Å². The summed E-state index contributed by atoms with van der Waals surface area (Å²) < 4.78 is 26.6. The fraction of sp³-hybridized carbons (Fsp3) is 0.267. The second-order valence-electron chi connectivity index (χ2n) is 5.08. The quantitative estimate of drug-likeness (QED) is 0.923. The van der Waals surface area contributed by atoms with Crippen LogP contribution in [0.5, 0.6) is 5.75 Å². The van der Waals surface area contributed by atoms with Gasteiger partial charge < -0.3 is 10.0 Å². The summed E-state index contributed by atoms with van der Waals surface area (Å²) in [6.07, 6.45) is 1.73. The molecule has 0 atom stereocenters. The Morgan fingerprint density at radius 1 is 1.00 bits per heavy atom. The molecule has 1 fully saturated rings. The van der Waals surface area contributed by atoms with E-state index in [0.29, 0.717) is 26.2 Å². The number of piperazine rings is 1. The summed E-state index contributed by atoms with van der Waals surface area (Å²) in [5.41, 5.74) is 0.